The minimum atomic E-state index is -0.0860. The van der Waals surface area contributed by atoms with Gasteiger partial charge in [0.1, 0.15) is 6.10 Å². The van der Waals surface area contributed by atoms with Crippen LogP contribution in [0.25, 0.3) is 0 Å². The van der Waals surface area contributed by atoms with Crippen LogP contribution in [0.15, 0.2) is 22.2 Å². The highest BCUT2D eigenvalue weighted by atomic mass is 32.1. The van der Waals surface area contributed by atoms with E-state index in [1.165, 1.54) is 24.2 Å². The number of carbonyl (C=O) groups excluding carboxylic acids is 1. The monoisotopic (exact) mass is 349 g/mol. The van der Waals surface area contributed by atoms with Gasteiger partial charge in [0.15, 0.2) is 5.13 Å². The van der Waals surface area contributed by atoms with Gasteiger partial charge in [-0.1, -0.05) is 0 Å². The van der Waals surface area contributed by atoms with E-state index in [4.69, 9.17) is 4.74 Å². The third kappa shape index (κ3) is 3.41. The molecule has 23 heavy (non-hydrogen) atoms. The van der Waals surface area contributed by atoms with E-state index in [2.05, 4.69) is 27.1 Å². The Morgan fingerprint density at radius 2 is 2.26 bits per heavy atom. The van der Waals surface area contributed by atoms with E-state index >= 15 is 0 Å². The molecule has 4 rings (SSSR count). The predicted octanol–water partition coefficient (Wildman–Crippen LogP) is 4.08. The molecule has 5 nitrogen and oxygen atoms in total. The van der Waals surface area contributed by atoms with Crippen molar-refractivity contribution in [3.8, 4) is 0 Å². The van der Waals surface area contributed by atoms with Crippen molar-refractivity contribution in [3.63, 3.8) is 0 Å². The first-order valence-corrected chi connectivity index (χ1v) is 9.70. The molecule has 0 spiro atoms. The summed E-state index contributed by atoms with van der Waals surface area (Å²) in [5.41, 5.74) is 2.27. The van der Waals surface area contributed by atoms with Crippen LogP contribution in [0, 0.1) is 0 Å². The van der Waals surface area contributed by atoms with Crippen LogP contribution in [0.2, 0.25) is 0 Å². The highest BCUT2D eigenvalue weighted by Gasteiger charge is 2.30. The fourth-order valence-corrected chi connectivity index (χ4v) is 4.32. The van der Waals surface area contributed by atoms with Crippen LogP contribution in [0.5, 0.6) is 0 Å². The smallest absolute Gasteiger partial charge is 0.323 e. The maximum atomic E-state index is 12.6. The number of carbonyl (C=O) groups is 1. The van der Waals surface area contributed by atoms with Gasteiger partial charge in [-0.2, -0.15) is 11.3 Å². The fraction of sp³-hybridized carbons (Fsp3) is 0.500. The zero-order valence-corrected chi connectivity index (χ0v) is 14.5. The molecular weight excluding hydrogens is 330 g/mol. The maximum Gasteiger partial charge on any atom is 0.323 e. The zero-order chi connectivity index (χ0) is 15.8. The second-order valence-corrected chi connectivity index (χ2v) is 7.82. The molecule has 0 aromatic carbocycles. The van der Waals surface area contributed by atoms with E-state index in [0.29, 0.717) is 24.1 Å². The molecule has 3 heterocycles. The minimum Gasteiger partial charge on any atom is -0.367 e. The first kappa shape index (κ1) is 15.1. The quantitative estimate of drug-likeness (QED) is 0.908. The summed E-state index contributed by atoms with van der Waals surface area (Å²) in [4.78, 5) is 18.9. The van der Waals surface area contributed by atoms with Gasteiger partial charge in [-0.3, -0.25) is 5.32 Å². The van der Waals surface area contributed by atoms with E-state index in [9.17, 15) is 4.79 Å². The first-order valence-electron chi connectivity index (χ1n) is 7.88. The van der Waals surface area contributed by atoms with Gasteiger partial charge in [0.05, 0.1) is 18.3 Å². The number of urea groups is 1. The summed E-state index contributed by atoms with van der Waals surface area (Å²) in [5.74, 6) is 0.614. The molecule has 2 aliphatic rings. The van der Waals surface area contributed by atoms with Gasteiger partial charge in [0, 0.05) is 17.8 Å². The Kier molecular flexibility index (Phi) is 4.09. The summed E-state index contributed by atoms with van der Waals surface area (Å²) < 4.78 is 5.98. The number of thiazole rings is 1. The van der Waals surface area contributed by atoms with E-state index in [1.807, 2.05) is 17.2 Å². The molecule has 1 aliphatic heterocycles. The van der Waals surface area contributed by atoms with Crippen molar-refractivity contribution in [2.75, 3.05) is 18.4 Å². The summed E-state index contributed by atoms with van der Waals surface area (Å²) in [6.45, 7) is 3.19. The van der Waals surface area contributed by atoms with Crippen LogP contribution in [-0.4, -0.2) is 35.1 Å². The van der Waals surface area contributed by atoms with Crippen LogP contribution < -0.4 is 5.32 Å². The predicted molar refractivity (Wildman–Crippen MR) is 92.3 cm³/mol. The molecular formula is C16H19N3O2S2. The molecule has 1 saturated carbocycles. The Bertz CT molecular complexity index is 681. The topological polar surface area (TPSA) is 54.5 Å². The number of morpholine rings is 1. The lowest BCUT2D eigenvalue weighted by Gasteiger charge is -2.36. The van der Waals surface area contributed by atoms with Crippen LogP contribution in [0.4, 0.5) is 9.93 Å². The summed E-state index contributed by atoms with van der Waals surface area (Å²) >= 11 is 3.16. The Labute approximate surface area is 143 Å². The molecule has 2 amide bonds. The van der Waals surface area contributed by atoms with Gasteiger partial charge in [0.25, 0.3) is 0 Å². The molecule has 2 aromatic heterocycles. The van der Waals surface area contributed by atoms with Crippen molar-refractivity contribution in [3.05, 3.63) is 33.5 Å². The number of hydrogen-bond donors (Lipinski definition) is 1. The number of amides is 2. The van der Waals surface area contributed by atoms with Gasteiger partial charge in [-0.15, -0.1) is 11.3 Å². The minimum absolute atomic E-state index is 0.0257. The maximum absolute atomic E-state index is 12.6. The van der Waals surface area contributed by atoms with Gasteiger partial charge in [0.2, 0.25) is 0 Å². The average Bonchev–Trinajstić information content (AvgIpc) is 3.05. The molecule has 0 radical (unpaired) electrons. The first-order chi connectivity index (χ1) is 11.2. The Balaban J connectivity index is 1.42. The number of anilines is 1. The molecule has 2 aromatic rings. The van der Waals surface area contributed by atoms with Crippen LogP contribution in [0.1, 0.15) is 43.0 Å². The van der Waals surface area contributed by atoms with Crippen LogP contribution in [-0.2, 0) is 4.74 Å². The summed E-state index contributed by atoms with van der Waals surface area (Å²) in [7, 11) is 0. The lowest BCUT2D eigenvalue weighted by Crippen LogP contribution is -2.47. The molecule has 0 bridgehead atoms. The molecule has 2 atom stereocenters. The molecule has 2 unspecified atom stereocenters. The largest absolute Gasteiger partial charge is 0.367 e. The van der Waals surface area contributed by atoms with Crippen molar-refractivity contribution < 1.29 is 9.53 Å². The van der Waals surface area contributed by atoms with Gasteiger partial charge >= 0.3 is 6.03 Å². The standard InChI is InChI=1S/C16H19N3O2S2/c1-10-6-19(7-14(21-10)12-4-5-22-8-12)16(20)18-15-17-13(9-23-15)11-2-3-11/h4-5,8-11,14H,2-3,6-7H2,1H3,(H,17,18,20). The molecule has 1 aliphatic carbocycles. The highest BCUT2D eigenvalue weighted by molar-refractivity contribution is 7.13. The second-order valence-electron chi connectivity index (χ2n) is 6.18. The van der Waals surface area contributed by atoms with Crippen molar-refractivity contribution in [2.24, 2.45) is 0 Å². The van der Waals surface area contributed by atoms with Crippen molar-refractivity contribution in [2.45, 2.75) is 37.9 Å². The van der Waals surface area contributed by atoms with Crippen molar-refractivity contribution in [1.29, 1.82) is 0 Å². The number of ether oxygens (including phenoxy) is 1. The number of nitrogens with one attached hydrogen (secondary N) is 1. The second kappa shape index (κ2) is 6.22. The third-order valence-electron chi connectivity index (χ3n) is 4.19. The van der Waals surface area contributed by atoms with Crippen LogP contribution >= 0.6 is 22.7 Å². The molecule has 1 saturated heterocycles. The summed E-state index contributed by atoms with van der Waals surface area (Å²) in [5, 5.41) is 9.82. The van der Waals surface area contributed by atoms with E-state index < -0.39 is 0 Å². The third-order valence-corrected chi connectivity index (χ3v) is 5.67. The molecule has 2 fully saturated rings. The number of nitrogens with zero attached hydrogens (tertiary/aromatic N) is 2. The van der Waals surface area contributed by atoms with Gasteiger partial charge in [-0.25, -0.2) is 9.78 Å². The zero-order valence-electron chi connectivity index (χ0n) is 12.9. The van der Waals surface area contributed by atoms with Gasteiger partial charge < -0.3 is 9.64 Å². The summed E-state index contributed by atoms with van der Waals surface area (Å²) in [6.07, 6.45) is 2.42. The lowest BCUT2D eigenvalue weighted by atomic mass is 10.1. The Morgan fingerprint density at radius 3 is 3.00 bits per heavy atom. The SMILES string of the molecule is CC1CN(C(=O)Nc2nc(C3CC3)cs2)CC(c2ccsc2)O1. The van der Waals surface area contributed by atoms with Gasteiger partial charge in [-0.05, 0) is 42.2 Å². The molecule has 122 valence electrons. The Morgan fingerprint density at radius 1 is 1.39 bits per heavy atom. The highest BCUT2D eigenvalue weighted by Crippen LogP contribution is 2.41. The molecule has 7 heteroatoms. The van der Waals surface area contributed by atoms with E-state index in [1.54, 1.807) is 11.3 Å². The Hall–Kier alpha value is -1.44. The summed E-state index contributed by atoms with van der Waals surface area (Å²) in [6, 6.07) is 1.98. The lowest BCUT2D eigenvalue weighted by molar-refractivity contribution is -0.0640. The number of aromatic nitrogens is 1. The number of hydrogen-bond acceptors (Lipinski definition) is 5. The number of thiophene rings is 1. The number of rotatable bonds is 3. The van der Waals surface area contributed by atoms with E-state index in [-0.39, 0.29) is 18.2 Å². The fourth-order valence-electron chi connectivity index (χ4n) is 2.84. The van der Waals surface area contributed by atoms with Crippen molar-refractivity contribution in [1.82, 2.24) is 9.88 Å². The normalized spacial score (nSPS) is 24.7. The van der Waals surface area contributed by atoms with Crippen molar-refractivity contribution >= 4 is 33.8 Å². The van der Waals surface area contributed by atoms with E-state index in [0.717, 1.165) is 11.3 Å². The molecule has 1 N–H and O–H groups in total. The van der Waals surface area contributed by atoms with Crippen LogP contribution in [0.3, 0.4) is 0 Å². The average molecular weight is 349 g/mol.